The van der Waals surface area contributed by atoms with E-state index in [1.54, 1.807) is 0 Å². The van der Waals surface area contributed by atoms with E-state index in [4.69, 9.17) is 9.47 Å². The highest BCUT2D eigenvalue weighted by atomic mass is 32.1. The van der Waals surface area contributed by atoms with Crippen LogP contribution in [0.25, 0.3) is 4.96 Å². The molecule has 1 aliphatic heterocycles. The molecule has 1 aromatic carbocycles. The zero-order chi connectivity index (χ0) is 18.3. The number of ether oxygens (including phenoxy) is 2. The lowest BCUT2D eigenvalue weighted by Crippen LogP contribution is -2.33. The third-order valence-electron chi connectivity index (χ3n) is 4.27. The predicted molar refractivity (Wildman–Crippen MR) is 97.4 cm³/mol. The monoisotopic (exact) mass is 371 g/mol. The quantitative estimate of drug-likeness (QED) is 0.764. The first-order valence-corrected chi connectivity index (χ1v) is 9.09. The molecule has 1 amide bonds. The van der Waals surface area contributed by atoms with Gasteiger partial charge in [-0.15, -0.1) is 11.3 Å². The molecule has 7 nitrogen and oxygen atoms in total. The fourth-order valence-electron chi connectivity index (χ4n) is 2.87. The minimum absolute atomic E-state index is 0.0217. The maximum Gasteiger partial charge on any atom is 0.271 e. The third kappa shape index (κ3) is 2.82. The number of aryl methyl sites for hydroxylation is 1. The topological polar surface area (TPSA) is 81.9 Å². The normalized spacial score (nSPS) is 14.2. The number of nitrogens with zero attached hydrogens (tertiary/aromatic N) is 2. The molecule has 26 heavy (non-hydrogen) atoms. The van der Waals surface area contributed by atoms with Crippen molar-refractivity contribution in [2.45, 2.75) is 19.9 Å². The van der Waals surface area contributed by atoms with Crippen molar-refractivity contribution in [3.63, 3.8) is 0 Å². The van der Waals surface area contributed by atoms with Crippen LogP contribution < -0.4 is 20.3 Å². The van der Waals surface area contributed by atoms with Crippen LogP contribution >= 0.6 is 11.3 Å². The first kappa shape index (κ1) is 16.6. The van der Waals surface area contributed by atoms with Gasteiger partial charge in [-0.2, -0.15) is 0 Å². The van der Waals surface area contributed by atoms with Crippen molar-refractivity contribution in [3.8, 4) is 11.5 Å². The van der Waals surface area contributed by atoms with Gasteiger partial charge in [0.2, 0.25) is 0 Å². The SMILES string of the molecule is Cc1csc2ncc(C(=O)N[C@@H](C)c3ccc4c(c3)OCCO4)c(=O)n12. The van der Waals surface area contributed by atoms with Crippen molar-refractivity contribution < 1.29 is 14.3 Å². The molecule has 134 valence electrons. The Labute approximate surface area is 153 Å². The number of amides is 1. The first-order chi connectivity index (χ1) is 12.5. The number of nitrogens with one attached hydrogen (secondary N) is 1. The Morgan fingerprint density at radius 2 is 2.08 bits per heavy atom. The highest BCUT2D eigenvalue weighted by Crippen LogP contribution is 2.32. The Kier molecular flexibility index (Phi) is 4.12. The van der Waals surface area contributed by atoms with E-state index >= 15 is 0 Å². The molecule has 2 aromatic heterocycles. The highest BCUT2D eigenvalue weighted by molar-refractivity contribution is 7.15. The van der Waals surface area contributed by atoms with Crippen molar-refractivity contribution in [2.24, 2.45) is 0 Å². The van der Waals surface area contributed by atoms with E-state index in [0.29, 0.717) is 29.7 Å². The molecule has 0 unspecified atom stereocenters. The number of benzene rings is 1. The van der Waals surface area contributed by atoms with Crippen LogP contribution in [-0.2, 0) is 0 Å². The van der Waals surface area contributed by atoms with Crippen LogP contribution in [-0.4, -0.2) is 28.5 Å². The van der Waals surface area contributed by atoms with Crippen molar-refractivity contribution in [1.82, 2.24) is 14.7 Å². The fourth-order valence-corrected chi connectivity index (χ4v) is 3.69. The summed E-state index contributed by atoms with van der Waals surface area (Å²) >= 11 is 1.37. The van der Waals surface area contributed by atoms with Gasteiger partial charge in [-0.25, -0.2) is 4.98 Å². The average molecular weight is 371 g/mol. The largest absolute Gasteiger partial charge is 0.486 e. The summed E-state index contributed by atoms with van der Waals surface area (Å²) in [6.45, 7) is 4.69. The van der Waals surface area contributed by atoms with Crippen molar-refractivity contribution in [1.29, 1.82) is 0 Å². The van der Waals surface area contributed by atoms with E-state index in [1.165, 1.54) is 21.9 Å². The molecule has 0 spiro atoms. The van der Waals surface area contributed by atoms with Crippen LogP contribution in [0.1, 0.15) is 34.6 Å². The van der Waals surface area contributed by atoms with E-state index in [1.807, 2.05) is 37.4 Å². The number of rotatable bonds is 3. The summed E-state index contributed by atoms with van der Waals surface area (Å²) in [4.78, 5) is 30.0. The standard InChI is InChI=1S/C18H17N3O4S/c1-10-9-26-18-19-8-13(17(23)21(10)18)16(22)20-11(2)12-3-4-14-15(7-12)25-6-5-24-14/h3-4,7-9,11H,5-6H2,1-2H3,(H,20,22)/t11-/m0/s1. The molecule has 3 heterocycles. The van der Waals surface area contributed by atoms with Gasteiger partial charge in [-0.3, -0.25) is 14.0 Å². The smallest absolute Gasteiger partial charge is 0.271 e. The van der Waals surface area contributed by atoms with Gasteiger partial charge >= 0.3 is 0 Å². The van der Waals surface area contributed by atoms with Crippen LogP contribution in [0, 0.1) is 6.92 Å². The van der Waals surface area contributed by atoms with E-state index in [9.17, 15) is 9.59 Å². The van der Waals surface area contributed by atoms with Crippen LogP contribution in [0.15, 0.2) is 34.6 Å². The second-order valence-corrected chi connectivity index (χ2v) is 6.91. The fraction of sp³-hybridized carbons (Fsp3) is 0.278. The van der Waals surface area contributed by atoms with Crippen LogP contribution in [0.3, 0.4) is 0 Å². The van der Waals surface area contributed by atoms with Crippen molar-refractivity contribution in [2.75, 3.05) is 13.2 Å². The number of carbonyl (C=O) groups excluding carboxylic acids is 1. The Bertz CT molecular complexity index is 1060. The summed E-state index contributed by atoms with van der Waals surface area (Å²) in [5.74, 6) is 0.899. The van der Waals surface area contributed by atoms with Crippen molar-refractivity contribution >= 4 is 22.2 Å². The van der Waals surface area contributed by atoms with E-state index < -0.39 is 5.91 Å². The molecular formula is C18H17N3O4S. The lowest BCUT2D eigenvalue weighted by atomic mass is 10.1. The highest BCUT2D eigenvalue weighted by Gasteiger charge is 2.19. The molecule has 0 fully saturated rings. The van der Waals surface area contributed by atoms with Crippen LogP contribution in [0.4, 0.5) is 0 Å². The summed E-state index contributed by atoms with van der Waals surface area (Å²) in [6.07, 6.45) is 1.33. The van der Waals surface area contributed by atoms with Gasteiger partial charge < -0.3 is 14.8 Å². The Balaban J connectivity index is 1.59. The molecule has 3 aromatic rings. The van der Waals surface area contributed by atoms with Crippen LogP contribution in [0.2, 0.25) is 0 Å². The number of carbonyl (C=O) groups is 1. The molecule has 0 saturated carbocycles. The zero-order valence-electron chi connectivity index (χ0n) is 14.3. The van der Waals surface area contributed by atoms with Gasteiger partial charge in [0.05, 0.1) is 6.04 Å². The average Bonchev–Trinajstić information content (AvgIpc) is 3.03. The number of thiazole rings is 1. The first-order valence-electron chi connectivity index (χ1n) is 8.21. The minimum Gasteiger partial charge on any atom is -0.486 e. The second-order valence-electron chi connectivity index (χ2n) is 6.07. The van der Waals surface area contributed by atoms with Gasteiger partial charge in [0.25, 0.3) is 11.5 Å². The Hall–Kier alpha value is -2.87. The molecule has 0 saturated heterocycles. The molecule has 8 heteroatoms. The predicted octanol–water partition coefficient (Wildman–Crippen LogP) is 2.33. The van der Waals surface area contributed by atoms with E-state index in [0.717, 1.165) is 11.3 Å². The molecule has 0 radical (unpaired) electrons. The molecule has 4 rings (SSSR count). The summed E-state index contributed by atoms with van der Waals surface area (Å²) in [5, 5.41) is 4.69. The van der Waals surface area contributed by atoms with E-state index in [2.05, 4.69) is 10.3 Å². The summed E-state index contributed by atoms with van der Waals surface area (Å²) < 4.78 is 12.5. The maximum absolute atomic E-state index is 12.6. The Morgan fingerprint density at radius 3 is 2.88 bits per heavy atom. The number of aromatic nitrogens is 2. The third-order valence-corrected chi connectivity index (χ3v) is 5.23. The molecule has 1 atom stereocenters. The van der Waals surface area contributed by atoms with Gasteiger partial charge in [-0.05, 0) is 31.5 Å². The molecule has 1 aliphatic rings. The van der Waals surface area contributed by atoms with E-state index in [-0.39, 0.29) is 17.2 Å². The van der Waals surface area contributed by atoms with Crippen molar-refractivity contribution in [3.05, 3.63) is 57.0 Å². The summed E-state index contributed by atoms with van der Waals surface area (Å²) in [7, 11) is 0. The lowest BCUT2D eigenvalue weighted by Gasteiger charge is -2.21. The van der Waals surface area contributed by atoms with Crippen LogP contribution in [0.5, 0.6) is 11.5 Å². The lowest BCUT2D eigenvalue weighted by molar-refractivity contribution is 0.0937. The number of fused-ring (bicyclic) bond motifs is 2. The zero-order valence-corrected chi connectivity index (χ0v) is 15.1. The van der Waals surface area contributed by atoms with Gasteiger partial charge in [0.1, 0.15) is 18.8 Å². The minimum atomic E-state index is -0.454. The molecular weight excluding hydrogens is 354 g/mol. The molecule has 1 N–H and O–H groups in total. The van der Waals surface area contributed by atoms with Gasteiger partial charge in [0, 0.05) is 17.3 Å². The Morgan fingerprint density at radius 1 is 1.31 bits per heavy atom. The molecule has 0 aliphatic carbocycles. The summed E-state index contributed by atoms with van der Waals surface area (Å²) in [6, 6.07) is 5.23. The second kappa shape index (κ2) is 6.45. The molecule has 0 bridgehead atoms. The number of hydrogen-bond acceptors (Lipinski definition) is 6. The van der Waals surface area contributed by atoms with Gasteiger partial charge in [0.15, 0.2) is 16.5 Å². The maximum atomic E-state index is 12.6. The number of hydrogen-bond donors (Lipinski definition) is 1. The van der Waals surface area contributed by atoms with Gasteiger partial charge in [-0.1, -0.05) is 6.07 Å². The summed E-state index contributed by atoms with van der Waals surface area (Å²) in [5.41, 5.74) is 1.29.